The molecule has 2 aliphatic heterocycles. The number of nitrogens with one attached hydrogen (secondary N) is 2. The van der Waals surface area contributed by atoms with Crippen LogP contribution in [0.1, 0.15) is 67.4 Å². The maximum absolute atomic E-state index is 14.1. The van der Waals surface area contributed by atoms with Crippen LogP contribution in [0.15, 0.2) is 43.0 Å². The number of fused-ring (bicyclic) bond motifs is 1. The lowest BCUT2D eigenvalue weighted by Gasteiger charge is -2.39. The molecular weight excluding hydrogens is 556 g/mol. The van der Waals surface area contributed by atoms with Crippen molar-refractivity contribution in [2.24, 2.45) is 11.8 Å². The van der Waals surface area contributed by atoms with Gasteiger partial charge in [-0.3, -0.25) is 14.4 Å². The van der Waals surface area contributed by atoms with E-state index >= 15 is 0 Å². The van der Waals surface area contributed by atoms with Gasteiger partial charge in [0.2, 0.25) is 11.8 Å². The van der Waals surface area contributed by atoms with Gasteiger partial charge in [-0.1, -0.05) is 38.6 Å². The Labute approximate surface area is 264 Å². The van der Waals surface area contributed by atoms with E-state index in [9.17, 15) is 14.4 Å². The zero-order valence-corrected chi connectivity index (χ0v) is 27.1. The lowest BCUT2D eigenvalue weighted by molar-refractivity contribution is -0.132. The molecule has 2 N–H and O–H groups in total. The smallest absolute Gasteiger partial charge is 0.270 e. The van der Waals surface area contributed by atoms with E-state index in [1.54, 1.807) is 31.9 Å². The van der Waals surface area contributed by atoms with Crippen molar-refractivity contribution < 1.29 is 26.7 Å². The van der Waals surface area contributed by atoms with Crippen LogP contribution in [-0.2, 0) is 19.1 Å². The average Bonchev–Trinajstić information content (AvgIpc) is 3.86. The monoisotopic (exact) mass is 608 g/mol. The summed E-state index contributed by atoms with van der Waals surface area (Å²) in [5, 5.41) is 6.39. The van der Waals surface area contributed by atoms with Gasteiger partial charge in [-0.05, 0) is 81.8 Å². The maximum atomic E-state index is 14.1. The second-order valence-corrected chi connectivity index (χ2v) is 12.1. The van der Waals surface area contributed by atoms with Crippen molar-refractivity contribution in [1.82, 2.24) is 5.32 Å². The molecule has 242 valence electrons. The zero-order valence-electron chi connectivity index (χ0n) is 27.1. The fraction of sp³-hybridized carbons (Fsp3) is 0.514. The molecule has 2 fully saturated rings. The number of methoxy groups -OCH3 is 1. The number of carbonyl (C=O) groups excluding carboxylic acids is 3. The minimum Gasteiger partial charge on any atom is -0.476 e. The van der Waals surface area contributed by atoms with Crippen LogP contribution in [0.3, 0.4) is 0 Å². The summed E-state index contributed by atoms with van der Waals surface area (Å²) in [5.74, 6) is -0.303. The Morgan fingerprint density at radius 2 is 1.91 bits per heavy atom. The first-order valence-electron chi connectivity index (χ1n) is 15.8. The molecule has 3 amide bonds. The van der Waals surface area contributed by atoms with Gasteiger partial charge in [-0.2, -0.15) is 0 Å². The number of amides is 3. The molecule has 0 bridgehead atoms. The lowest BCUT2D eigenvalue weighted by Crippen LogP contribution is -2.53. The average molecular weight is 609 g/mol. The van der Waals surface area contributed by atoms with Gasteiger partial charge in [-0.25, -0.2) is 0 Å². The zero-order chi connectivity index (χ0) is 32.0. The Kier molecular flexibility index (Phi) is 10.9. The standard InChI is InChI=1S/C33H42N4O5.C2H6.2H2/c1-6-22-9-8-21(2)16-27(22)35-30(38)23-17-24(20-34-19-23)31(39)37(25-10-11-25)26-12-13-29-28(18-26)36(14-7-15-41-5)32(40)33(3,4)42-29;1-2;;/h6,8-9,12-13,16,18,23-25,34H,1,7,10-11,14-15,17,19-20H2,2-5H3,(H,35,38);1-2H3;2*1H/t23-,24+;;;/m0.../s1. The SMILES string of the molecule is C=Cc1ccc(C)cc1NC(=O)[C@@H]1CNC[C@H](C(=O)N(c2ccc3c(c2)N(CCCOC)C(=O)C(C)(C)O3)C2CC2)C1.CC.[HH].[HH]. The normalized spacial score (nSPS) is 20.4. The second kappa shape index (κ2) is 14.4. The highest BCUT2D eigenvalue weighted by Gasteiger charge is 2.43. The van der Waals surface area contributed by atoms with Crippen LogP contribution in [0.4, 0.5) is 17.1 Å². The first-order valence-corrected chi connectivity index (χ1v) is 15.8. The number of hydrogen-bond donors (Lipinski definition) is 2. The quantitative estimate of drug-likeness (QED) is 0.318. The summed E-state index contributed by atoms with van der Waals surface area (Å²) in [4.78, 5) is 44.4. The van der Waals surface area contributed by atoms with Gasteiger partial charge in [0.1, 0.15) is 5.75 Å². The molecule has 0 aromatic heterocycles. The number of benzene rings is 2. The number of rotatable bonds is 10. The Hall–Kier alpha value is -3.69. The minimum absolute atomic E-state index is 0. The molecule has 44 heavy (non-hydrogen) atoms. The van der Waals surface area contributed by atoms with Crippen molar-refractivity contribution in [1.29, 1.82) is 0 Å². The summed E-state index contributed by atoms with van der Waals surface area (Å²) in [5.41, 5.74) is 3.07. The number of aryl methyl sites for hydroxylation is 1. The number of carbonyl (C=O) groups is 3. The predicted octanol–water partition coefficient (Wildman–Crippen LogP) is 6.06. The molecule has 2 atom stereocenters. The van der Waals surface area contributed by atoms with E-state index in [2.05, 4.69) is 17.2 Å². The summed E-state index contributed by atoms with van der Waals surface area (Å²) in [6.45, 7) is 15.4. The van der Waals surface area contributed by atoms with E-state index in [0.717, 1.165) is 35.3 Å². The summed E-state index contributed by atoms with van der Waals surface area (Å²) >= 11 is 0. The number of ether oxygens (including phenoxy) is 2. The molecule has 5 rings (SSSR count). The summed E-state index contributed by atoms with van der Waals surface area (Å²) in [6, 6.07) is 11.6. The Balaban J connectivity index is 0.00000181. The number of hydrogen-bond acceptors (Lipinski definition) is 6. The fourth-order valence-electron chi connectivity index (χ4n) is 5.86. The van der Waals surface area contributed by atoms with Crippen LogP contribution in [0.2, 0.25) is 0 Å². The molecule has 0 radical (unpaired) electrons. The topological polar surface area (TPSA) is 100 Å². The van der Waals surface area contributed by atoms with Crippen molar-refractivity contribution in [2.45, 2.75) is 71.9 Å². The largest absolute Gasteiger partial charge is 0.476 e. The Morgan fingerprint density at radius 3 is 2.59 bits per heavy atom. The predicted molar refractivity (Wildman–Crippen MR) is 180 cm³/mol. The molecular formula is C35H52N4O5. The van der Waals surface area contributed by atoms with Crippen molar-refractivity contribution in [3.8, 4) is 5.75 Å². The van der Waals surface area contributed by atoms with Gasteiger partial charge in [-0.15, -0.1) is 0 Å². The third-order valence-corrected chi connectivity index (χ3v) is 8.27. The highest BCUT2D eigenvalue weighted by molar-refractivity contribution is 6.04. The molecule has 2 aromatic rings. The molecule has 9 nitrogen and oxygen atoms in total. The van der Waals surface area contributed by atoms with Gasteiger partial charge >= 0.3 is 0 Å². The first kappa shape index (κ1) is 33.2. The van der Waals surface area contributed by atoms with Gasteiger partial charge in [0.05, 0.1) is 17.5 Å². The third-order valence-electron chi connectivity index (χ3n) is 8.27. The van der Waals surface area contributed by atoms with Crippen LogP contribution in [0.25, 0.3) is 6.08 Å². The van der Waals surface area contributed by atoms with Crippen molar-refractivity contribution in [2.75, 3.05) is 48.5 Å². The van der Waals surface area contributed by atoms with Crippen LogP contribution >= 0.6 is 0 Å². The van der Waals surface area contributed by atoms with E-state index in [0.29, 0.717) is 50.5 Å². The maximum Gasteiger partial charge on any atom is 0.270 e. The molecule has 3 aliphatic rings. The highest BCUT2D eigenvalue weighted by atomic mass is 16.5. The molecule has 9 heteroatoms. The van der Waals surface area contributed by atoms with Crippen LogP contribution in [0.5, 0.6) is 5.75 Å². The van der Waals surface area contributed by atoms with Crippen LogP contribution in [-0.4, -0.2) is 62.7 Å². The molecule has 1 saturated carbocycles. The van der Waals surface area contributed by atoms with E-state index in [-0.39, 0.29) is 38.5 Å². The van der Waals surface area contributed by atoms with E-state index in [1.807, 2.05) is 62.1 Å². The number of piperidine rings is 1. The van der Waals surface area contributed by atoms with Gasteiger partial charge in [0.25, 0.3) is 5.91 Å². The fourth-order valence-corrected chi connectivity index (χ4v) is 5.86. The summed E-state index contributed by atoms with van der Waals surface area (Å²) in [7, 11) is 1.64. The lowest BCUT2D eigenvalue weighted by atomic mass is 9.88. The van der Waals surface area contributed by atoms with Crippen molar-refractivity contribution in [3.05, 3.63) is 54.1 Å². The summed E-state index contributed by atoms with van der Waals surface area (Å²) in [6.07, 6.45) is 4.71. The molecule has 1 aliphatic carbocycles. The Morgan fingerprint density at radius 1 is 1.18 bits per heavy atom. The van der Waals surface area contributed by atoms with Gasteiger partial charge in [0.15, 0.2) is 5.60 Å². The van der Waals surface area contributed by atoms with E-state index < -0.39 is 5.60 Å². The van der Waals surface area contributed by atoms with E-state index in [1.165, 1.54) is 0 Å². The second-order valence-electron chi connectivity index (χ2n) is 12.1. The highest BCUT2D eigenvalue weighted by Crippen LogP contribution is 2.43. The van der Waals surface area contributed by atoms with Crippen molar-refractivity contribution >= 4 is 40.9 Å². The number of nitrogens with zero attached hydrogens (tertiary/aromatic N) is 2. The molecule has 1 saturated heterocycles. The molecule has 2 heterocycles. The minimum atomic E-state index is -0.984. The van der Waals surface area contributed by atoms with Crippen molar-refractivity contribution in [3.63, 3.8) is 0 Å². The summed E-state index contributed by atoms with van der Waals surface area (Å²) < 4.78 is 11.3. The van der Waals surface area contributed by atoms with Crippen LogP contribution in [0, 0.1) is 18.8 Å². The first-order chi connectivity index (χ1) is 21.1. The van der Waals surface area contributed by atoms with Gasteiger partial charge in [0, 0.05) is 53.6 Å². The molecule has 2 aromatic carbocycles. The molecule has 0 unspecified atom stereocenters. The number of anilines is 3. The Bertz CT molecular complexity index is 1380. The molecule has 0 spiro atoms. The third kappa shape index (κ3) is 7.33. The van der Waals surface area contributed by atoms with Crippen LogP contribution < -0.4 is 25.2 Å². The van der Waals surface area contributed by atoms with Gasteiger partial charge < -0.3 is 29.9 Å². The van der Waals surface area contributed by atoms with E-state index in [4.69, 9.17) is 9.47 Å².